The van der Waals surface area contributed by atoms with Crippen molar-refractivity contribution in [3.8, 4) is 0 Å². The first kappa shape index (κ1) is 15.2. The van der Waals surface area contributed by atoms with E-state index in [0.29, 0.717) is 24.5 Å². The van der Waals surface area contributed by atoms with Crippen molar-refractivity contribution < 1.29 is 4.74 Å². The Balaban J connectivity index is 1.93. The van der Waals surface area contributed by atoms with Crippen molar-refractivity contribution in [3.63, 3.8) is 0 Å². The number of ether oxygens (including phenoxy) is 1. The Morgan fingerprint density at radius 3 is 3.00 bits per heavy atom. The quantitative estimate of drug-likeness (QED) is 0.845. The fourth-order valence-corrected chi connectivity index (χ4v) is 3.05. The number of hydrogen-bond acceptors (Lipinski definition) is 4. The van der Waals surface area contributed by atoms with E-state index in [4.69, 9.17) is 4.74 Å². The number of benzene rings is 1. The summed E-state index contributed by atoms with van der Waals surface area (Å²) in [6, 6.07) is 3.88. The van der Waals surface area contributed by atoms with E-state index >= 15 is 0 Å². The summed E-state index contributed by atoms with van der Waals surface area (Å²) < 4.78 is 7.36. The molecule has 3 rings (SSSR count). The van der Waals surface area contributed by atoms with Crippen LogP contribution in [0.1, 0.15) is 11.1 Å². The van der Waals surface area contributed by atoms with Gasteiger partial charge in [-0.2, -0.15) is 0 Å². The van der Waals surface area contributed by atoms with Crippen LogP contribution in [0, 0.1) is 19.8 Å². The second-order valence-electron chi connectivity index (χ2n) is 6.31. The highest BCUT2D eigenvalue weighted by molar-refractivity contribution is 5.81. The lowest BCUT2D eigenvalue weighted by molar-refractivity contribution is 0.117. The van der Waals surface area contributed by atoms with Crippen LogP contribution in [0.4, 0.5) is 0 Å². The van der Waals surface area contributed by atoms with Crippen molar-refractivity contribution >= 4 is 10.9 Å². The summed E-state index contributed by atoms with van der Waals surface area (Å²) in [5.74, 6) is 0.316. The molecule has 0 N–H and O–H groups in total. The Kier molecular flexibility index (Phi) is 4.27. The van der Waals surface area contributed by atoms with Gasteiger partial charge in [-0.25, -0.2) is 4.98 Å². The van der Waals surface area contributed by atoms with Gasteiger partial charge < -0.3 is 9.64 Å². The Morgan fingerprint density at radius 2 is 2.18 bits per heavy atom. The summed E-state index contributed by atoms with van der Waals surface area (Å²) >= 11 is 0. The molecule has 1 aliphatic rings. The number of likely N-dealkylation sites (N-methyl/N-ethyl adjacent to an activating group) is 1. The van der Waals surface area contributed by atoms with Gasteiger partial charge in [-0.1, -0.05) is 6.07 Å². The molecule has 1 aliphatic heterocycles. The van der Waals surface area contributed by atoms with Crippen LogP contribution in [-0.2, 0) is 11.3 Å². The van der Waals surface area contributed by atoms with Crippen LogP contribution in [0.15, 0.2) is 23.3 Å². The van der Waals surface area contributed by atoms with Crippen LogP contribution in [0.25, 0.3) is 10.9 Å². The Hall–Kier alpha value is -1.72. The van der Waals surface area contributed by atoms with Crippen molar-refractivity contribution in [1.82, 2.24) is 14.5 Å². The lowest BCUT2D eigenvalue weighted by Gasteiger charge is -2.19. The minimum Gasteiger partial charge on any atom is -0.380 e. The van der Waals surface area contributed by atoms with Gasteiger partial charge in [-0.3, -0.25) is 9.36 Å². The van der Waals surface area contributed by atoms with E-state index in [-0.39, 0.29) is 5.56 Å². The summed E-state index contributed by atoms with van der Waals surface area (Å²) in [5.41, 5.74) is 3.10. The molecule has 0 unspecified atom stereocenters. The van der Waals surface area contributed by atoms with Crippen LogP contribution >= 0.6 is 0 Å². The number of fused-ring (bicyclic) bond motifs is 1. The summed E-state index contributed by atoms with van der Waals surface area (Å²) in [6.07, 6.45) is 1.68. The molecule has 1 fully saturated rings. The van der Waals surface area contributed by atoms with Crippen LogP contribution in [-0.4, -0.2) is 47.8 Å². The highest BCUT2D eigenvalue weighted by atomic mass is 16.5. The number of nitrogens with zero attached hydrogens (tertiary/aromatic N) is 3. The Morgan fingerprint density at radius 1 is 1.36 bits per heavy atom. The van der Waals surface area contributed by atoms with Crippen LogP contribution in [0.2, 0.25) is 0 Å². The number of hydrogen-bond donors (Lipinski definition) is 0. The lowest BCUT2D eigenvalue weighted by Crippen LogP contribution is -2.32. The summed E-state index contributed by atoms with van der Waals surface area (Å²) in [6.45, 7) is 8.05. The molecule has 5 nitrogen and oxygen atoms in total. The van der Waals surface area contributed by atoms with Gasteiger partial charge in [0, 0.05) is 25.6 Å². The standard InChI is InChI=1S/C17H23N3O2/c1-12-4-5-15-16(13(12)2)18-11-20(17(15)21)9-14-8-19(3)6-7-22-10-14/h4-5,11,14H,6-10H2,1-3H3/t14-/m1/s1. The Labute approximate surface area is 130 Å². The monoisotopic (exact) mass is 301 g/mol. The molecular weight excluding hydrogens is 278 g/mol. The molecule has 0 amide bonds. The molecule has 0 spiro atoms. The molecule has 0 aliphatic carbocycles. The summed E-state index contributed by atoms with van der Waals surface area (Å²) in [7, 11) is 2.09. The van der Waals surface area contributed by atoms with Crippen molar-refractivity contribution in [2.45, 2.75) is 20.4 Å². The first-order valence-electron chi connectivity index (χ1n) is 7.78. The normalized spacial score (nSPS) is 20.2. The molecule has 22 heavy (non-hydrogen) atoms. The number of rotatable bonds is 2. The molecule has 1 saturated heterocycles. The van der Waals surface area contributed by atoms with Gasteiger partial charge in [-0.05, 0) is 38.1 Å². The zero-order valence-corrected chi connectivity index (χ0v) is 13.5. The van der Waals surface area contributed by atoms with Crippen LogP contribution in [0.5, 0.6) is 0 Å². The van der Waals surface area contributed by atoms with Crippen LogP contribution in [0.3, 0.4) is 0 Å². The molecule has 0 bridgehead atoms. The van der Waals surface area contributed by atoms with Crippen molar-refractivity contribution in [2.75, 3.05) is 33.4 Å². The second kappa shape index (κ2) is 6.18. The highest BCUT2D eigenvalue weighted by Crippen LogP contribution is 2.16. The predicted molar refractivity (Wildman–Crippen MR) is 87.3 cm³/mol. The smallest absolute Gasteiger partial charge is 0.261 e. The van der Waals surface area contributed by atoms with Crippen molar-refractivity contribution in [2.24, 2.45) is 5.92 Å². The third-order valence-corrected chi connectivity index (χ3v) is 4.51. The average Bonchev–Trinajstić information content (AvgIpc) is 2.70. The fourth-order valence-electron chi connectivity index (χ4n) is 3.05. The van der Waals surface area contributed by atoms with E-state index < -0.39 is 0 Å². The number of aromatic nitrogens is 2. The molecule has 2 heterocycles. The average molecular weight is 301 g/mol. The predicted octanol–water partition coefficient (Wildman–Crippen LogP) is 1.59. The summed E-state index contributed by atoms with van der Waals surface area (Å²) in [4.78, 5) is 19.5. The molecule has 1 aromatic carbocycles. The largest absolute Gasteiger partial charge is 0.380 e. The van der Waals surface area contributed by atoms with Gasteiger partial charge in [0.25, 0.3) is 5.56 Å². The topological polar surface area (TPSA) is 47.4 Å². The third kappa shape index (κ3) is 2.91. The molecule has 1 aromatic heterocycles. The Bertz CT molecular complexity index is 738. The molecule has 0 radical (unpaired) electrons. The number of aryl methyl sites for hydroxylation is 2. The molecular formula is C17H23N3O2. The van der Waals surface area contributed by atoms with E-state index in [1.807, 2.05) is 26.0 Å². The maximum absolute atomic E-state index is 12.7. The zero-order chi connectivity index (χ0) is 15.7. The maximum atomic E-state index is 12.7. The maximum Gasteiger partial charge on any atom is 0.261 e. The van der Waals surface area contributed by atoms with Gasteiger partial charge in [-0.15, -0.1) is 0 Å². The molecule has 1 atom stereocenters. The van der Waals surface area contributed by atoms with Crippen molar-refractivity contribution in [1.29, 1.82) is 0 Å². The fraction of sp³-hybridized carbons (Fsp3) is 0.529. The van der Waals surface area contributed by atoms with E-state index in [2.05, 4.69) is 16.9 Å². The first-order valence-corrected chi connectivity index (χ1v) is 7.78. The zero-order valence-electron chi connectivity index (χ0n) is 13.5. The first-order chi connectivity index (χ1) is 10.6. The van der Waals surface area contributed by atoms with E-state index in [1.54, 1.807) is 10.9 Å². The summed E-state index contributed by atoms with van der Waals surface area (Å²) in [5, 5.41) is 0.702. The molecule has 2 aromatic rings. The minimum absolute atomic E-state index is 0.0417. The van der Waals surface area contributed by atoms with Gasteiger partial charge in [0.2, 0.25) is 0 Å². The van der Waals surface area contributed by atoms with E-state index in [9.17, 15) is 4.79 Å². The van der Waals surface area contributed by atoms with Gasteiger partial charge in [0.1, 0.15) is 0 Å². The van der Waals surface area contributed by atoms with Gasteiger partial charge in [0.15, 0.2) is 0 Å². The SMILES string of the molecule is Cc1ccc2c(=O)n(C[C@@H]3COCCN(C)C3)cnc2c1C. The van der Waals surface area contributed by atoms with Crippen molar-refractivity contribution in [3.05, 3.63) is 39.9 Å². The minimum atomic E-state index is 0.0417. The molecule has 118 valence electrons. The molecule has 5 heteroatoms. The molecule has 0 saturated carbocycles. The van der Waals surface area contributed by atoms with E-state index in [1.165, 1.54) is 0 Å². The third-order valence-electron chi connectivity index (χ3n) is 4.51. The second-order valence-corrected chi connectivity index (χ2v) is 6.31. The lowest BCUT2D eigenvalue weighted by atomic mass is 10.1. The van der Waals surface area contributed by atoms with Gasteiger partial charge in [0.05, 0.1) is 30.4 Å². The van der Waals surface area contributed by atoms with Crippen LogP contribution < -0.4 is 5.56 Å². The van der Waals surface area contributed by atoms with E-state index in [0.717, 1.165) is 36.3 Å². The van der Waals surface area contributed by atoms with Gasteiger partial charge >= 0.3 is 0 Å². The highest BCUT2D eigenvalue weighted by Gasteiger charge is 2.18.